The molecule has 21 heavy (non-hydrogen) atoms. The van der Waals surface area contributed by atoms with Crippen molar-refractivity contribution in [2.24, 2.45) is 0 Å². The third-order valence-electron chi connectivity index (χ3n) is 4.17. The molecule has 1 amide bonds. The minimum absolute atomic E-state index is 0.217. The molecule has 7 nitrogen and oxygen atoms in total. The second-order valence-corrected chi connectivity index (χ2v) is 5.31. The van der Waals surface area contributed by atoms with E-state index in [2.05, 4.69) is 4.98 Å². The highest BCUT2D eigenvalue weighted by Gasteiger charge is 2.36. The number of piperazine rings is 1. The number of esters is 1. The molecule has 2 aliphatic heterocycles. The lowest BCUT2D eigenvalue weighted by Gasteiger charge is -2.38. The minimum Gasteiger partial charge on any atom is -0.465 e. The fourth-order valence-corrected chi connectivity index (χ4v) is 3.06. The first-order chi connectivity index (χ1) is 10.1. The van der Waals surface area contributed by atoms with Crippen LogP contribution in [0.5, 0.6) is 0 Å². The number of carbonyl (C=O) groups excluding carboxylic acids is 2. The Hall–Kier alpha value is -2.31. The molecule has 3 heterocycles. The zero-order valence-corrected chi connectivity index (χ0v) is 11.9. The van der Waals surface area contributed by atoms with Crippen molar-refractivity contribution in [1.29, 1.82) is 0 Å². The molecule has 0 aliphatic carbocycles. The summed E-state index contributed by atoms with van der Waals surface area (Å²) in [6, 6.07) is 1.77. The number of ether oxygens (including phenoxy) is 1. The van der Waals surface area contributed by atoms with Crippen LogP contribution in [0.15, 0.2) is 12.3 Å². The summed E-state index contributed by atoms with van der Waals surface area (Å²) in [7, 11) is 1.32. The van der Waals surface area contributed by atoms with Crippen LogP contribution in [-0.2, 0) is 9.53 Å². The van der Waals surface area contributed by atoms with E-state index < -0.39 is 5.97 Å². The van der Waals surface area contributed by atoms with Crippen molar-refractivity contribution in [3.05, 3.63) is 17.8 Å². The van der Waals surface area contributed by atoms with Gasteiger partial charge in [0.25, 0.3) is 0 Å². The zero-order chi connectivity index (χ0) is 15.0. The molecule has 3 rings (SSSR count). The molecule has 0 radical (unpaired) electrons. The van der Waals surface area contributed by atoms with Gasteiger partial charge in [0, 0.05) is 38.3 Å². The van der Waals surface area contributed by atoms with Gasteiger partial charge >= 0.3 is 5.97 Å². The summed E-state index contributed by atoms with van der Waals surface area (Å²) in [6.45, 7) is 2.05. The summed E-state index contributed by atoms with van der Waals surface area (Å²) in [6.07, 6.45) is 3.04. The van der Waals surface area contributed by atoms with Gasteiger partial charge in [0.05, 0.1) is 18.4 Å². The first kappa shape index (κ1) is 13.7. The van der Waals surface area contributed by atoms with E-state index >= 15 is 0 Å². The molecule has 1 unspecified atom stereocenters. The number of aromatic nitrogens is 1. The molecule has 0 aromatic carbocycles. The summed E-state index contributed by atoms with van der Waals surface area (Å²) in [4.78, 5) is 31.7. The van der Waals surface area contributed by atoms with Crippen molar-refractivity contribution in [1.82, 2.24) is 9.88 Å². The number of fused-ring (bicyclic) bond motifs is 1. The molecule has 2 N–H and O–H groups in total. The maximum Gasteiger partial charge on any atom is 0.340 e. The first-order valence-corrected chi connectivity index (χ1v) is 6.99. The molecule has 2 aliphatic rings. The zero-order valence-electron chi connectivity index (χ0n) is 11.9. The molecule has 1 aromatic rings. The van der Waals surface area contributed by atoms with Gasteiger partial charge < -0.3 is 20.3 Å². The number of amides is 1. The highest BCUT2D eigenvalue weighted by atomic mass is 16.5. The number of nitrogens with two attached hydrogens (primary N) is 1. The van der Waals surface area contributed by atoms with Crippen LogP contribution >= 0.6 is 0 Å². The predicted octanol–water partition coefficient (Wildman–Crippen LogP) is 0.261. The molecule has 112 valence electrons. The number of nitrogen functional groups attached to an aromatic ring is 1. The monoisotopic (exact) mass is 290 g/mol. The van der Waals surface area contributed by atoms with E-state index in [1.165, 1.54) is 7.11 Å². The first-order valence-electron chi connectivity index (χ1n) is 6.99. The Bertz CT molecular complexity index is 590. The van der Waals surface area contributed by atoms with Gasteiger partial charge in [-0.3, -0.25) is 4.79 Å². The second kappa shape index (κ2) is 5.23. The Morgan fingerprint density at radius 1 is 1.48 bits per heavy atom. The molecular weight excluding hydrogens is 272 g/mol. The van der Waals surface area contributed by atoms with Crippen LogP contribution in [0, 0.1) is 0 Å². The topological polar surface area (TPSA) is 88.8 Å². The average Bonchev–Trinajstić information content (AvgIpc) is 2.87. The third-order valence-corrected chi connectivity index (χ3v) is 4.17. The highest BCUT2D eigenvalue weighted by Crippen LogP contribution is 2.29. The largest absolute Gasteiger partial charge is 0.465 e. The normalized spacial score (nSPS) is 21.4. The van der Waals surface area contributed by atoms with Gasteiger partial charge in [-0.15, -0.1) is 0 Å². The number of hydrogen-bond acceptors (Lipinski definition) is 6. The third kappa shape index (κ3) is 2.28. The molecule has 0 spiro atoms. The SMILES string of the molecule is COC(=O)c1ccnc(N2CCN3C(=O)CCC3C2)c1N. The van der Waals surface area contributed by atoms with E-state index in [9.17, 15) is 9.59 Å². The maximum atomic E-state index is 11.7. The highest BCUT2D eigenvalue weighted by molar-refractivity contribution is 5.97. The molecule has 0 saturated carbocycles. The van der Waals surface area contributed by atoms with Crippen LogP contribution in [0.4, 0.5) is 11.5 Å². The molecule has 2 saturated heterocycles. The van der Waals surface area contributed by atoms with E-state index in [0.29, 0.717) is 43.1 Å². The summed E-state index contributed by atoms with van der Waals surface area (Å²) < 4.78 is 4.72. The van der Waals surface area contributed by atoms with Crippen molar-refractivity contribution >= 4 is 23.4 Å². The minimum atomic E-state index is -0.467. The van der Waals surface area contributed by atoms with E-state index in [0.717, 1.165) is 6.42 Å². The maximum absolute atomic E-state index is 11.7. The van der Waals surface area contributed by atoms with Gasteiger partial charge in [0.2, 0.25) is 5.91 Å². The molecular formula is C14H18N4O3. The van der Waals surface area contributed by atoms with Crippen LogP contribution < -0.4 is 10.6 Å². The fourth-order valence-electron chi connectivity index (χ4n) is 3.06. The fraction of sp³-hybridized carbons (Fsp3) is 0.500. The van der Waals surface area contributed by atoms with E-state index in [1.807, 2.05) is 9.80 Å². The lowest BCUT2D eigenvalue weighted by Crippen LogP contribution is -2.51. The second-order valence-electron chi connectivity index (χ2n) is 5.31. The summed E-state index contributed by atoms with van der Waals surface area (Å²) >= 11 is 0. The Morgan fingerprint density at radius 2 is 2.29 bits per heavy atom. The molecule has 2 fully saturated rings. The van der Waals surface area contributed by atoms with Crippen molar-refractivity contribution in [3.8, 4) is 0 Å². The Morgan fingerprint density at radius 3 is 3.05 bits per heavy atom. The van der Waals surface area contributed by atoms with Gasteiger partial charge in [0.1, 0.15) is 0 Å². The van der Waals surface area contributed by atoms with Crippen LogP contribution in [0.3, 0.4) is 0 Å². The number of pyridine rings is 1. The number of rotatable bonds is 2. The smallest absolute Gasteiger partial charge is 0.340 e. The predicted molar refractivity (Wildman–Crippen MR) is 76.9 cm³/mol. The van der Waals surface area contributed by atoms with Crippen molar-refractivity contribution in [2.45, 2.75) is 18.9 Å². The van der Waals surface area contributed by atoms with Crippen LogP contribution in [0.2, 0.25) is 0 Å². The number of methoxy groups -OCH3 is 1. The van der Waals surface area contributed by atoms with Gasteiger partial charge in [-0.05, 0) is 12.5 Å². The number of anilines is 2. The Labute approximate surface area is 122 Å². The average molecular weight is 290 g/mol. The quantitative estimate of drug-likeness (QED) is 0.786. The van der Waals surface area contributed by atoms with E-state index in [4.69, 9.17) is 10.5 Å². The lowest BCUT2D eigenvalue weighted by molar-refractivity contribution is -0.129. The summed E-state index contributed by atoms with van der Waals surface area (Å²) in [5.41, 5.74) is 6.73. The molecule has 0 bridgehead atoms. The summed E-state index contributed by atoms with van der Waals surface area (Å²) in [5, 5.41) is 0. The van der Waals surface area contributed by atoms with Crippen molar-refractivity contribution in [2.75, 3.05) is 37.4 Å². The molecule has 7 heteroatoms. The molecule has 1 atom stereocenters. The Balaban J connectivity index is 1.85. The van der Waals surface area contributed by atoms with E-state index in [1.54, 1.807) is 12.3 Å². The number of hydrogen-bond donors (Lipinski definition) is 1. The van der Waals surface area contributed by atoms with Gasteiger partial charge in [-0.25, -0.2) is 9.78 Å². The van der Waals surface area contributed by atoms with Gasteiger partial charge in [-0.1, -0.05) is 0 Å². The van der Waals surface area contributed by atoms with Crippen LogP contribution in [0.1, 0.15) is 23.2 Å². The number of carbonyl (C=O) groups is 2. The van der Waals surface area contributed by atoms with Gasteiger partial charge in [0.15, 0.2) is 5.82 Å². The van der Waals surface area contributed by atoms with E-state index in [-0.39, 0.29) is 11.9 Å². The lowest BCUT2D eigenvalue weighted by atomic mass is 10.1. The Kier molecular flexibility index (Phi) is 3.40. The molecule has 1 aromatic heterocycles. The van der Waals surface area contributed by atoms with Crippen molar-refractivity contribution < 1.29 is 14.3 Å². The van der Waals surface area contributed by atoms with Gasteiger partial charge in [-0.2, -0.15) is 0 Å². The number of nitrogens with zero attached hydrogens (tertiary/aromatic N) is 3. The summed E-state index contributed by atoms with van der Waals surface area (Å²) in [5.74, 6) is 0.353. The van der Waals surface area contributed by atoms with Crippen LogP contribution in [0.25, 0.3) is 0 Å². The standard InChI is InChI=1S/C14H18N4O3/c1-21-14(20)10-4-5-16-13(12(10)15)17-6-7-18-9(8-17)2-3-11(18)19/h4-5,9H,2-3,6-8,15H2,1H3. The van der Waals surface area contributed by atoms with Crippen LogP contribution in [-0.4, -0.2) is 54.5 Å². The van der Waals surface area contributed by atoms with Crippen molar-refractivity contribution in [3.63, 3.8) is 0 Å².